The van der Waals surface area contributed by atoms with Gasteiger partial charge in [-0.05, 0) is 0 Å². The molecule has 1 aromatic carbocycles. The van der Waals surface area contributed by atoms with Crippen LogP contribution in [0.5, 0.6) is 0 Å². The molecule has 0 spiro atoms. The van der Waals surface area contributed by atoms with Crippen LogP contribution in [0.1, 0.15) is 30.6 Å². The van der Waals surface area contributed by atoms with Gasteiger partial charge in [0.2, 0.25) is 0 Å². The van der Waals surface area contributed by atoms with Crippen LogP contribution in [0, 0.1) is 10.1 Å². The monoisotopic (exact) mass is 325 g/mol. The Morgan fingerprint density at radius 2 is 1.89 bits per heavy atom. The maximum atomic E-state index is 12.4. The molecule has 0 aromatic heterocycles. The summed E-state index contributed by atoms with van der Waals surface area (Å²) in [6, 6.07) is 5.93. The summed E-state index contributed by atoms with van der Waals surface area (Å²) in [6.45, 7) is 4.21. The number of benzene rings is 1. The fourth-order valence-electron chi connectivity index (χ4n) is 1.96. The number of nitro benzene ring substituents is 1. The van der Waals surface area contributed by atoms with Gasteiger partial charge in [-0.15, -0.1) is 0 Å². The molecule has 0 saturated heterocycles. The van der Waals surface area contributed by atoms with E-state index >= 15 is 0 Å². The Morgan fingerprint density at radius 3 is 2.42 bits per heavy atom. The van der Waals surface area contributed by atoms with E-state index in [4.69, 9.17) is 0 Å². The molecule has 0 amide bonds. The molecule has 0 fully saturated rings. The van der Waals surface area contributed by atoms with E-state index in [0.29, 0.717) is 20.5 Å². The Kier molecular flexibility index (Phi) is 4.17. The predicted molar refractivity (Wildman–Crippen MR) is 74.7 cm³/mol. The van der Waals surface area contributed by atoms with Crippen LogP contribution >= 0.6 is 0 Å². The minimum atomic E-state index is -0.449. The molecule has 0 bridgehead atoms. The van der Waals surface area contributed by atoms with E-state index in [0.717, 1.165) is 11.7 Å². The van der Waals surface area contributed by atoms with Crippen LogP contribution in [-0.4, -0.2) is 25.7 Å². The molecule has 4 nitrogen and oxygen atoms in total. The zero-order valence-corrected chi connectivity index (χ0v) is 12.6. The van der Waals surface area contributed by atoms with Crippen LogP contribution in [0.25, 0.3) is 0 Å². The number of Topliss-reactive ketones (excluding diaryl/α,β-unsaturated/α-hetero) is 1. The number of hydrogen-bond donors (Lipinski definition) is 0. The first kappa shape index (κ1) is 14.0. The number of carbonyl (C=O) groups is 1. The van der Waals surface area contributed by atoms with E-state index in [1.54, 1.807) is 12.1 Å². The first-order chi connectivity index (χ1) is 8.99. The van der Waals surface area contributed by atoms with Gasteiger partial charge in [-0.3, -0.25) is 0 Å². The molecule has 1 aromatic rings. The van der Waals surface area contributed by atoms with Crippen molar-refractivity contribution >= 4 is 26.4 Å². The molecule has 1 aliphatic heterocycles. The van der Waals surface area contributed by atoms with Gasteiger partial charge in [0.25, 0.3) is 0 Å². The SMILES string of the molecule is CC1=C(C)CC(C(=O)c2ccc([N+](=O)[O-])cc2)[Se]C1. The zero-order valence-electron chi connectivity index (χ0n) is 10.9. The number of carbonyl (C=O) groups excluding carboxylic acids is 1. The van der Waals surface area contributed by atoms with E-state index in [2.05, 4.69) is 13.8 Å². The van der Waals surface area contributed by atoms with E-state index in [9.17, 15) is 14.9 Å². The first-order valence-corrected chi connectivity index (χ1v) is 8.24. The van der Waals surface area contributed by atoms with Gasteiger partial charge in [0, 0.05) is 0 Å². The van der Waals surface area contributed by atoms with Crippen LogP contribution in [0.4, 0.5) is 5.69 Å². The van der Waals surface area contributed by atoms with Crippen molar-refractivity contribution in [1.82, 2.24) is 0 Å². The number of rotatable bonds is 3. The summed E-state index contributed by atoms with van der Waals surface area (Å²) in [5, 5.41) is 11.6. The third-order valence-electron chi connectivity index (χ3n) is 3.38. The van der Waals surface area contributed by atoms with Crippen LogP contribution in [0.2, 0.25) is 10.1 Å². The van der Waals surface area contributed by atoms with Gasteiger partial charge in [0.05, 0.1) is 0 Å². The van der Waals surface area contributed by atoms with Gasteiger partial charge < -0.3 is 0 Å². The van der Waals surface area contributed by atoms with Gasteiger partial charge in [-0.25, -0.2) is 0 Å². The molecule has 0 saturated carbocycles. The minimum absolute atomic E-state index is 0.0256. The quantitative estimate of drug-likeness (QED) is 0.281. The molecule has 100 valence electrons. The Labute approximate surface area is 118 Å². The number of nitrogens with zero attached hydrogens (tertiary/aromatic N) is 1. The second-order valence-corrected chi connectivity index (χ2v) is 7.23. The Morgan fingerprint density at radius 1 is 1.26 bits per heavy atom. The van der Waals surface area contributed by atoms with E-state index in [-0.39, 0.29) is 16.3 Å². The number of hydrogen-bond acceptors (Lipinski definition) is 3. The van der Waals surface area contributed by atoms with Crippen LogP contribution < -0.4 is 0 Å². The van der Waals surface area contributed by atoms with Gasteiger partial charge in [0.15, 0.2) is 0 Å². The molecular formula is C14H15NO3Se. The average molecular weight is 324 g/mol. The van der Waals surface area contributed by atoms with Crippen molar-refractivity contribution in [2.24, 2.45) is 0 Å². The second-order valence-electron chi connectivity index (χ2n) is 4.73. The van der Waals surface area contributed by atoms with Gasteiger partial charge >= 0.3 is 118 Å². The second kappa shape index (κ2) is 5.68. The third-order valence-corrected chi connectivity index (χ3v) is 6.28. The van der Waals surface area contributed by atoms with Crippen molar-refractivity contribution in [1.29, 1.82) is 0 Å². The van der Waals surface area contributed by atoms with Crippen LogP contribution in [0.15, 0.2) is 35.4 Å². The summed E-state index contributed by atoms with van der Waals surface area (Å²) < 4.78 is 0. The molecule has 0 radical (unpaired) electrons. The van der Waals surface area contributed by atoms with Crippen molar-refractivity contribution < 1.29 is 9.72 Å². The summed E-state index contributed by atoms with van der Waals surface area (Å²) in [5.74, 6) is 0.127. The topological polar surface area (TPSA) is 60.2 Å². The van der Waals surface area contributed by atoms with Crippen molar-refractivity contribution in [2.75, 3.05) is 0 Å². The number of ketones is 1. The first-order valence-electron chi connectivity index (χ1n) is 6.04. The number of allylic oxidation sites excluding steroid dienone is 2. The van der Waals surface area contributed by atoms with Crippen LogP contribution in [-0.2, 0) is 0 Å². The van der Waals surface area contributed by atoms with Crippen molar-refractivity contribution in [2.45, 2.75) is 30.4 Å². The van der Waals surface area contributed by atoms with E-state index < -0.39 is 4.92 Å². The molecule has 5 heteroatoms. The Balaban J connectivity index is 2.14. The van der Waals surface area contributed by atoms with Gasteiger partial charge in [-0.2, -0.15) is 0 Å². The zero-order chi connectivity index (χ0) is 14.0. The van der Waals surface area contributed by atoms with Crippen molar-refractivity contribution in [3.63, 3.8) is 0 Å². The Bertz CT molecular complexity index is 548. The fourth-order valence-corrected chi connectivity index (χ4v) is 4.80. The Hall–Kier alpha value is -1.45. The number of non-ortho nitro benzene ring substituents is 1. The van der Waals surface area contributed by atoms with Gasteiger partial charge in [0.1, 0.15) is 0 Å². The molecule has 1 unspecified atom stereocenters. The summed E-state index contributed by atoms with van der Waals surface area (Å²) in [6.07, 6.45) is 0.835. The molecule has 1 heterocycles. The third kappa shape index (κ3) is 3.11. The summed E-state index contributed by atoms with van der Waals surface area (Å²) in [4.78, 5) is 22.6. The van der Waals surface area contributed by atoms with Crippen molar-refractivity contribution in [3.05, 3.63) is 51.1 Å². The molecule has 1 atom stereocenters. The predicted octanol–water partition coefficient (Wildman–Crippen LogP) is 3.43. The average Bonchev–Trinajstić information content (AvgIpc) is 2.41. The standard InChI is InChI=1S/C14H15NO3Se/c1-9-7-13(19-8-10(9)2)14(16)11-3-5-12(6-4-11)15(17)18/h3-6,13H,7-8H2,1-2H3. The molecule has 2 rings (SSSR count). The normalized spacial score (nSPS) is 19.4. The maximum absolute atomic E-state index is 12.4. The summed E-state index contributed by atoms with van der Waals surface area (Å²) >= 11 is 0.294. The molecule has 0 aliphatic carbocycles. The fraction of sp³-hybridized carbons (Fsp3) is 0.357. The molecule has 1 aliphatic rings. The van der Waals surface area contributed by atoms with E-state index in [1.165, 1.54) is 23.3 Å². The van der Waals surface area contributed by atoms with Crippen LogP contribution in [0.3, 0.4) is 0 Å². The number of nitro groups is 1. The molecular weight excluding hydrogens is 309 g/mol. The molecule has 0 N–H and O–H groups in total. The van der Waals surface area contributed by atoms with Crippen molar-refractivity contribution in [3.8, 4) is 0 Å². The van der Waals surface area contributed by atoms with Gasteiger partial charge in [-0.1, -0.05) is 0 Å². The van der Waals surface area contributed by atoms with E-state index in [1.807, 2.05) is 0 Å². The summed E-state index contributed by atoms with van der Waals surface area (Å²) in [5.41, 5.74) is 3.34. The molecule has 19 heavy (non-hydrogen) atoms. The summed E-state index contributed by atoms with van der Waals surface area (Å²) in [7, 11) is 0.